The lowest BCUT2D eigenvalue weighted by atomic mass is 9.94. The van der Waals surface area contributed by atoms with Crippen LogP contribution < -0.4 is 0 Å². The molecule has 0 aliphatic carbocycles. The molecule has 0 rings (SSSR count). The molecule has 0 saturated heterocycles. The Morgan fingerprint density at radius 1 is 1.30 bits per heavy atom. The summed E-state index contributed by atoms with van der Waals surface area (Å²) in [7, 11) is 0. The van der Waals surface area contributed by atoms with Crippen molar-refractivity contribution in [2.24, 2.45) is 5.41 Å². The van der Waals surface area contributed by atoms with E-state index in [0.717, 1.165) is 13.8 Å². The smallest absolute Gasteiger partial charge is 0.315 e. The van der Waals surface area contributed by atoms with Crippen LogP contribution in [-0.4, -0.2) is 12.8 Å². The minimum atomic E-state index is -4.18. The number of rotatable bonds is 2. The van der Waals surface area contributed by atoms with Crippen LogP contribution in [0.25, 0.3) is 0 Å². The van der Waals surface area contributed by atoms with Gasteiger partial charge in [-0.25, -0.2) is 0 Å². The Morgan fingerprint density at radius 3 is 1.80 bits per heavy atom. The zero-order valence-electron chi connectivity index (χ0n) is 5.63. The van der Waals surface area contributed by atoms with Crippen LogP contribution in [0.15, 0.2) is 0 Å². The third kappa shape index (κ3) is 2.61. The molecule has 0 aromatic heterocycles. The number of alkyl halides is 3. The summed E-state index contributed by atoms with van der Waals surface area (Å²) in [4.78, 5) is 0. The van der Waals surface area contributed by atoms with Crippen molar-refractivity contribution in [2.45, 2.75) is 20.0 Å². The van der Waals surface area contributed by atoms with Gasteiger partial charge in [-0.05, 0) is 13.8 Å². The highest BCUT2D eigenvalue weighted by Gasteiger charge is 2.47. The molecule has 0 spiro atoms. The number of hydrogen-bond acceptors (Lipinski definition) is 1. The molecule has 0 aliphatic heterocycles. The van der Waals surface area contributed by atoms with Gasteiger partial charge in [0, 0.05) is 0 Å². The monoisotopic (exact) mass is 268 g/mol. The highest BCUT2D eigenvalue weighted by atomic mass is 127. The fraction of sp³-hybridized carbons (Fsp3) is 1.00. The zero-order chi connectivity index (χ0) is 8.41. The van der Waals surface area contributed by atoms with Crippen molar-refractivity contribution in [1.29, 1.82) is 0 Å². The Kier molecular flexibility index (Phi) is 3.41. The molecule has 0 aromatic carbocycles. The largest absolute Gasteiger partial charge is 0.396 e. The van der Waals surface area contributed by atoms with E-state index in [1.807, 2.05) is 0 Å². The summed E-state index contributed by atoms with van der Waals surface area (Å²) in [6, 6.07) is 0. The highest BCUT2D eigenvalue weighted by Crippen LogP contribution is 2.37. The Hall–Kier alpha value is 0.480. The van der Waals surface area contributed by atoms with Crippen LogP contribution in [0, 0.1) is 5.41 Å². The standard InChI is InChI=1S/C5H8F3IO/c1-4(2,3-10-9)5(6,7)8/h3H2,1-2H3. The average Bonchev–Trinajstić information content (AvgIpc) is 1.61. The topological polar surface area (TPSA) is 9.23 Å². The van der Waals surface area contributed by atoms with Gasteiger partial charge in [-0.15, -0.1) is 0 Å². The van der Waals surface area contributed by atoms with E-state index in [2.05, 4.69) is 3.07 Å². The molecule has 0 N–H and O–H groups in total. The van der Waals surface area contributed by atoms with Gasteiger partial charge >= 0.3 is 6.18 Å². The molecule has 62 valence electrons. The molecule has 0 bridgehead atoms. The fourth-order valence-corrected chi connectivity index (χ4v) is 0.997. The van der Waals surface area contributed by atoms with E-state index in [0.29, 0.717) is 0 Å². The van der Waals surface area contributed by atoms with E-state index in [1.54, 1.807) is 0 Å². The van der Waals surface area contributed by atoms with Gasteiger partial charge in [-0.3, -0.25) is 0 Å². The first-order valence-corrected chi connectivity index (χ1v) is 3.49. The van der Waals surface area contributed by atoms with Gasteiger partial charge < -0.3 is 3.07 Å². The molecule has 0 unspecified atom stereocenters. The lowest BCUT2D eigenvalue weighted by molar-refractivity contribution is -0.217. The Bertz CT molecular complexity index is 110. The van der Waals surface area contributed by atoms with Crippen molar-refractivity contribution in [3.8, 4) is 0 Å². The SMILES string of the molecule is CC(C)(COI)C(F)(F)F. The molecule has 10 heavy (non-hydrogen) atoms. The molecule has 0 aliphatic rings. The molecule has 5 heteroatoms. The third-order valence-electron chi connectivity index (χ3n) is 1.18. The molecule has 0 atom stereocenters. The van der Waals surface area contributed by atoms with Crippen LogP contribution in [0.5, 0.6) is 0 Å². The van der Waals surface area contributed by atoms with Crippen molar-refractivity contribution in [3.63, 3.8) is 0 Å². The minimum absolute atomic E-state index is 0.308. The Balaban J connectivity index is 4.10. The fourth-order valence-electron chi connectivity index (χ4n) is 0.218. The quantitative estimate of drug-likeness (QED) is 0.699. The van der Waals surface area contributed by atoms with Crippen molar-refractivity contribution in [3.05, 3.63) is 0 Å². The second-order valence-electron chi connectivity index (χ2n) is 2.64. The van der Waals surface area contributed by atoms with Crippen molar-refractivity contribution >= 4 is 23.0 Å². The number of halogens is 4. The summed E-state index contributed by atoms with van der Waals surface area (Å²) >= 11 is 1.45. The lowest BCUT2D eigenvalue weighted by Gasteiger charge is -2.25. The highest BCUT2D eigenvalue weighted by molar-refractivity contribution is 14.1. The van der Waals surface area contributed by atoms with Gasteiger partial charge in [0.05, 0.1) is 12.0 Å². The van der Waals surface area contributed by atoms with Crippen LogP contribution in [-0.2, 0) is 3.07 Å². The second-order valence-corrected chi connectivity index (χ2v) is 3.26. The van der Waals surface area contributed by atoms with Gasteiger partial charge in [0.25, 0.3) is 0 Å². The summed E-state index contributed by atoms with van der Waals surface area (Å²) < 4.78 is 40.2. The molecule has 0 saturated carbocycles. The zero-order valence-corrected chi connectivity index (χ0v) is 7.78. The first-order chi connectivity index (χ1) is 4.31. The van der Waals surface area contributed by atoms with Gasteiger partial charge in [0.15, 0.2) is 0 Å². The molecule has 1 nitrogen and oxygen atoms in total. The van der Waals surface area contributed by atoms with E-state index in [9.17, 15) is 13.2 Å². The normalized spacial score (nSPS) is 13.8. The maximum atomic E-state index is 11.9. The molecular weight excluding hydrogens is 260 g/mol. The molecular formula is C5H8F3IO. The van der Waals surface area contributed by atoms with Gasteiger partial charge in [0.2, 0.25) is 0 Å². The van der Waals surface area contributed by atoms with Gasteiger partial charge in [-0.1, -0.05) is 0 Å². The minimum Gasteiger partial charge on any atom is -0.315 e. The summed E-state index contributed by atoms with van der Waals surface area (Å²) in [5, 5.41) is 0. The molecule has 0 radical (unpaired) electrons. The predicted molar refractivity (Wildman–Crippen MR) is 39.8 cm³/mol. The molecule has 0 aromatic rings. The van der Waals surface area contributed by atoms with Crippen molar-refractivity contribution in [1.82, 2.24) is 0 Å². The predicted octanol–water partition coefficient (Wildman–Crippen LogP) is 2.94. The summed E-state index contributed by atoms with van der Waals surface area (Å²) in [6.45, 7) is 1.90. The Morgan fingerprint density at radius 2 is 1.70 bits per heavy atom. The van der Waals surface area contributed by atoms with E-state index in [-0.39, 0.29) is 6.61 Å². The van der Waals surface area contributed by atoms with Crippen LogP contribution in [0.4, 0.5) is 13.2 Å². The maximum absolute atomic E-state index is 11.9. The van der Waals surface area contributed by atoms with Gasteiger partial charge in [0.1, 0.15) is 23.0 Å². The van der Waals surface area contributed by atoms with E-state index in [1.165, 1.54) is 23.0 Å². The molecule has 0 fully saturated rings. The van der Waals surface area contributed by atoms with Crippen LogP contribution in [0.1, 0.15) is 13.8 Å². The second kappa shape index (κ2) is 3.25. The van der Waals surface area contributed by atoms with Crippen LogP contribution >= 0.6 is 23.0 Å². The van der Waals surface area contributed by atoms with Crippen LogP contribution in [0.2, 0.25) is 0 Å². The number of hydrogen-bond donors (Lipinski definition) is 0. The third-order valence-corrected chi connectivity index (χ3v) is 1.49. The van der Waals surface area contributed by atoms with Gasteiger partial charge in [-0.2, -0.15) is 13.2 Å². The maximum Gasteiger partial charge on any atom is 0.396 e. The van der Waals surface area contributed by atoms with Crippen LogP contribution in [0.3, 0.4) is 0 Å². The van der Waals surface area contributed by atoms with E-state index >= 15 is 0 Å². The Labute approximate surface area is 71.6 Å². The van der Waals surface area contributed by atoms with Crippen molar-refractivity contribution < 1.29 is 16.2 Å². The molecule has 0 amide bonds. The molecule has 0 heterocycles. The summed E-state index contributed by atoms with van der Waals surface area (Å²) in [5.74, 6) is 0. The first-order valence-electron chi connectivity index (χ1n) is 2.61. The van der Waals surface area contributed by atoms with E-state index in [4.69, 9.17) is 0 Å². The lowest BCUT2D eigenvalue weighted by Crippen LogP contribution is -2.35. The van der Waals surface area contributed by atoms with Crippen molar-refractivity contribution in [2.75, 3.05) is 6.61 Å². The summed E-state index contributed by atoms with van der Waals surface area (Å²) in [6.07, 6.45) is -4.18. The van der Waals surface area contributed by atoms with E-state index < -0.39 is 11.6 Å². The average molecular weight is 268 g/mol. The first kappa shape index (κ1) is 10.5. The summed E-state index contributed by atoms with van der Waals surface area (Å²) in [5.41, 5.74) is -1.74.